The largest absolute Gasteiger partial charge is 0.388 e. The molecule has 3 nitrogen and oxygen atoms in total. The van der Waals surface area contributed by atoms with E-state index in [1.54, 1.807) is 11.3 Å². The second kappa shape index (κ2) is 8.17. The second-order valence-corrected chi connectivity index (χ2v) is 6.23. The molecule has 0 fully saturated rings. The van der Waals surface area contributed by atoms with Crippen molar-refractivity contribution in [3.8, 4) is 0 Å². The first kappa shape index (κ1) is 16.0. The van der Waals surface area contributed by atoms with Crippen LogP contribution in [0.15, 0.2) is 41.8 Å². The number of halogens is 1. The Labute approximate surface area is 133 Å². The summed E-state index contributed by atoms with van der Waals surface area (Å²) in [6.07, 6.45) is 1.12. The minimum absolute atomic E-state index is 0.000200. The molecule has 1 atom stereocenters. The first-order valence-corrected chi connectivity index (χ1v) is 8.13. The van der Waals surface area contributed by atoms with Crippen LogP contribution in [0.3, 0.4) is 0 Å². The van der Waals surface area contributed by atoms with Crippen molar-refractivity contribution in [3.63, 3.8) is 0 Å². The van der Waals surface area contributed by atoms with Gasteiger partial charge in [0, 0.05) is 23.2 Å². The number of benzene rings is 1. The van der Waals surface area contributed by atoms with Crippen molar-refractivity contribution in [2.75, 3.05) is 6.54 Å². The van der Waals surface area contributed by atoms with Gasteiger partial charge in [0.1, 0.15) is 0 Å². The van der Waals surface area contributed by atoms with E-state index in [1.807, 2.05) is 41.8 Å². The van der Waals surface area contributed by atoms with E-state index in [1.165, 1.54) is 0 Å². The molecule has 0 spiro atoms. The number of nitrogens with one attached hydrogen (secondary N) is 1. The van der Waals surface area contributed by atoms with Gasteiger partial charge in [-0.1, -0.05) is 41.9 Å². The van der Waals surface area contributed by atoms with E-state index in [0.717, 1.165) is 15.5 Å². The van der Waals surface area contributed by atoms with Crippen LogP contribution in [0.1, 0.15) is 29.4 Å². The molecule has 1 amide bonds. The molecule has 0 aliphatic carbocycles. The number of hydrogen-bond donors (Lipinski definition) is 2. The number of aliphatic hydroxyl groups excluding tert-OH is 1. The van der Waals surface area contributed by atoms with E-state index < -0.39 is 6.10 Å². The number of carbonyl (C=O) groups is 1. The van der Waals surface area contributed by atoms with Gasteiger partial charge in [0.05, 0.1) is 11.1 Å². The van der Waals surface area contributed by atoms with E-state index in [9.17, 15) is 9.90 Å². The fourth-order valence-corrected chi connectivity index (χ4v) is 3.08. The zero-order valence-electron chi connectivity index (χ0n) is 11.6. The molecule has 0 aliphatic rings. The molecule has 2 aromatic rings. The molecule has 0 aliphatic heterocycles. The monoisotopic (exact) mass is 323 g/mol. The minimum atomic E-state index is -0.539. The zero-order valence-corrected chi connectivity index (χ0v) is 13.2. The van der Waals surface area contributed by atoms with Crippen LogP contribution in [-0.2, 0) is 11.2 Å². The normalized spacial score (nSPS) is 12.1. The summed E-state index contributed by atoms with van der Waals surface area (Å²) in [7, 11) is 0. The van der Waals surface area contributed by atoms with Gasteiger partial charge in [0.15, 0.2) is 0 Å². The van der Waals surface area contributed by atoms with Crippen molar-refractivity contribution in [2.24, 2.45) is 0 Å². The molecule has 1 heterocycles. The van der Waals surface area contributed by atoms with Crippen LogP contribution in [0.2, 0.25) is 5.02 Å². The molecule has 21 heavy (non-hydrogen) atoms. The minimum Gasteiger partial charge on any atom is -0.388 e. The number of aryl methyl sites for hydroxylation is 1. The molecular formula is C16H18ClNO2S. The van der Waals surface area contributed by atoms with Gasteiger partial charge in [0.25, 0.3) is 0 Å². The Morgan fingerprint density at radius 3 is 2.76 bits per heavy atom. The lowest BCUT2D eigenvalue weighted by Gasteiger charge is -2.11. The van der Waals surface area contributed by atoms with Gasteiger partial charge in [-0.2, -0.15) is 0 Å². The SMILES string of the molecule is O=C(CCc1cc(Cl)cs1)NCCC(O)c1ccccc1. The van der Waals surface area contributed by atoms with Gasteiger partial charge in [-0.25, -0.2) is 0 Å². The highest BCUT2D eigenvalue weighted by atomic mass is 35.5. The smallest absolute Gasteiger partial charge is 0.220 e. The van der Waals surface area contributed by atoms with Crippen LogP contribution in [0.4, 0.5) is 0 Å². The lowest BCUT2D eigenvalue weighted by molar-refractivity contribution is -0.121. The lowest BCUT2D eigenvalue weighted by atomic mass is 10.1. The summed E-state index contributed by atoms with van der Waals surface area (Å²) in [4.78, 5) is 12.8. The van der Waals surface area contributed by atoms with Crippen molar-refractivity contribution in [2.45, 2.75) is 25.4 Å². The highest BCUT2D eigenvalue weighted by Gasteiger charge is 2.08. The Morgan fingerprint density at radius 1 is 1.33 bits per heavy atom. The number of carbonyl (C=O) groups excluding carboxylic acids is 1. The lowest BCUT2D eigenvalue weighted by Crippen LogP contribution is -2.25. The topological polar surface area (TPSA) is 49.3 Å². The van der Waals surface area contributed by atoms with Crippen molar-refractivity contribution in [1.29, 1.82) is 0 Å². The molecule has 112 valence electrons. The van der Waals surface area contributed by atoms with Crippen LogP contribution in [0.25, 0.3) is 0 Å². The van der Waals surface area contributed by atoms with Crippen molar-refractivity contribution in [1.82, 2.24) is 5.32 Å². The molecular weight excluding hydrogens is 306 g/mol. The molecule has 0 saturated carbocycles. The van der Waals surface area contributed by atoms with Crippen LogP contribution in [-0.4, -0.2) is 17.6 Å². The maximum Gasteiger partial charge on any atom is 0.220 e. The van der Waals surface area contributed by atoms with Gasteiger partial charge in [0.2, 0.25) is 5.91 Å². The standard InChI is InChI=1S/C16H18ClNO2S/c17-13-10-14(21-11-13)6-7-16(20)18-9-8-15(19)12-4-2-1-3-5-12/h1-5,10-11,15,19H,6-9H2,(H,18,20). The highest BCUT2D eigenvalue weighted by molar-refractivity contribution is 7.10. The molecule has 1 aromatic carbocycles. The Kier molecular flexibility index (Phi) is 6.23. The molecule has 0 bridgehead atoms. The van der Waals surface area contributed by atoms with E-state index in [2.05, 4.69) is 5.32 Å². The third-order valence-corrected chi connectivity index (χ3v) is 4.49. The summed E-state index contributed by atoms with van der Waals surface area (Å²) in [5.74, 6) is -0.000200. The third-order valence-electron chi connectivity index (χ3n) is 3.14. The third kappa shape index (κ3) is 5.50. The van der Waals surface area contributed by atoms with Crippen LogP contribution in [0.5, 0.6) is 0 Å². The summed E-state index contributed by atoms with van der Waals surface area (Å²) < 4.78 is 0. The Hall–Kier alpha value is -1.36. The molecule has 2 rings (SSSR count). The molecule has 5 heteroatoms. The zero-order chi connectivity index (χ0) is 15.1. The maximum absolute atomic E-state index is 11.7. The average molecular weight is 324 g/mol. The average Bonchev–Trinajstić information content (AvgIpc) is 2.91. The fraction of sp³-hybridized carbons (Fsp3) is 0.312. The second-order valence-electron chi connectivity index (χ2n) is 4.80. The predicted octanol–water partition coefficient (Wildman–Crippen LogP) is 3.57. The van der Waals surface area contributed by atoms with E-state index in [0.29, 0.717) is 25.8 Å². The predicted molar refractivity (Wildman–Crippen MR) is 86.7 cm³/mol. The van der Waals surface area contributed by atoms with Gasteiger partial charge < -0.3 is 10.4 Å². The van der Waals surface area contributed by atoms with Crippen LogP contribution >= 0.6 is 22.9 Å². The van der Waals surface area contributed by atoms with Crippen LogP contribution in [0, 0.1) is 0 Å². The quantitative estimate of drug-likeness (QED) is 0.818. The van der Waals surface area contributed by atoms with Gasteiger partial charge in [-0.3, -0.25) is 4.79 Å². The van der Waals surface area contributed by atoms with Crippen molar-refractivity contribution in [3.05, 3.63) is 57.2 Å². The molecule has 1 unspecified atom stereocenters. The van der Waals surface area contributed by atoms with E-state index >= 15 is 0 Å². The Morgan fingerprint density at radius 2 is 2.10 bits per heavy atom. The molecule has 0 saturated heterocycles. The number of thiophene rings is 1. The summed E-state index contributed by atoms with van der Waals surface area (Å²) in [6, 6.07) is 11.3. The van der Waals surface area contributed by atoms with E-state index in [4.69, 9.17) is 11.6 Å². The molecule has 1 aromatic heterocycles. The van der Waals surface area contributed by atoms with Gasteiger partial charge in [-0.05, 0) is 24.5 Å². The fourth-order valence-electron chi connectivity index (χ4n) is 2.00. The van der Waals surface area contributed by atoms with Gasteiger partial charge in [-0.15, -0.1) is 11.3 Å². The number of aliphatic hydroxyl groups is 1. The van der Waals surface area contributed by atoms with Crippen molar-refractivity contribution >= 4 is 28.8 Å². The first-order valence-electron chi connectivity index (χ1n) is 6.88. The number of hydrogen-bond acceptors (Lipinski definition) is 3. The highest BCUT2D eigenvalue weighted by Crippen LogP contribution is 2.20. The number of amides is 1. The summed E-state index contributed by atoms with van der Waals surface area (Å²) >= 11 is 7.40. The number of rotatable bonds is 7. The first-order chi connectivity index (χ1) is 10.1. The van der Waals surface area contributed by atoms with Crippen molar-refractivity contribution < 1.29 is 9.90 Å². The molecule has 0 radical (unpaired) electrons. The van der Waals surface area contributed by atoms with Crippen LogP contribution < -0.4 is 5.32 Å². The molecule has 2 N–H and O–H groups in total. The van der Waals surface area contributed by atoms with E-state index in [-0.39, 0.29) is 5.91 Å². The summed E-state index contributed by atoms with van der Waals surface area (Å²) in [5.41, 5.74) is 0.875. The summed E-state index contributed by atoms with van der Waals surface area (Å²) in [5, 5.41) is 15.4. The van der Waals surface area contributed by atoms with Gasteiger partial charge >= 0.3 is 0 Å². The Balaban J connectivity index is 1.65. The Bertz CT molecular complexity index is 571. The summed E-state index contributed by atoms with van der Waals surface area (Å²) in [6.45, 7) is 0.472. The maximum atomic E-state index is 11.7.